The molecule has 0 aliphatic carbocycles. The first kappa shape index (κ1) is 19.9. The molecule has 0 bridgehead atoms. The molecule has 0 fully saturated rings. The minimum absolute atomic E-state index is 0.158. The van der Waals surface area contributed by atoms with E-state index >= 15 is 0 Å². The topological polar surface area (TPSA) is 57.0 Å². The van der Waals surface area contributed by atoms with Gasteiger partial charge in [-0.2, -0.15) is 0 Å². The lowest BCUT2D eigenvalue weighted by atomic mass is 10.1. The third-order valence-corrected chi connectivity index (χ3v) is 5.39. The number of rotatable bonds is 7. The summed E-state index contributed by atoms with van der Waals surface area (Å²) in [4.78, 5) is 12.3. The highest BCUT2D eigenvalue weighted by molar-refractivity contribution is 7.99. The molecule has 0 saturated carbocycles. The summed E-state index contributed by atoms with van der Waals surface area (Å²) < 4.78 is 7.36. The van der Waals surface area contributed by atoms with E-state index in [9.17, 15) is 4.79 Å². The number of carbonyl (C=O) groups is 1. The van der Waals surface area contributed by atoms with E-state index in [2.05, 4.69) is 16.3 Å². The molecule has 0 amide bonds. The van der Waals surface area contributed by atoms with Crippen LogP contribution in [-0.2, 0) is 16.1 Å². The van der Waals surface area contributed by atoms with Gasteiger partial charge in [0.05, 0.1) is 5.75 Å². The zero-order valence-corrected chi connectivity index (χ0v) is 17.4. The zero-order chi connectivity index (χ0) is 20.8. The lowest BCUT2D eigenvalue weighted by Crippen LogP contribution is -2.08. The van der Waals surface area contributed by atoms with Gasteiger partial charge in [0, 0.05) is 11.3 Å². The van der Waals surface area contributed by atoms with Gasteiger partial charge in [-0.1, -0.05) is 84.1 Å². The predicted molar refractivity (Wildman–Crippen MR) is 118 cm³/mol. The van der Waals surface area contributed by atoms with Crippen molar-refractivity contribution in [2.45, 2.75) is 18.7 Å². The van der Waals surface area contributed by atoms with Gasteiger partial charge < -0.3 is 4.74 Å². The molecule has 150 valence electrons. The van der Waals surface area contributed by atoms with Crippen LogP contribution >= 0.6 is 11.8 Å². The average Bonchev–Trinajstić information content (AvgIpc) is 3.21. The number of nitrogens with zero attached hydrogens (tertiary/aromatic N) is 3. The van der Waals surface area contributed by atoms with Crippen molar-refractivity contribution >= 4 is 17.7 Å². The van der Waals surface area contributed by atoms with Crippen LogP contribution in [-0.4, -0.2) is 26.5 Å². The Morgan fingerprint density at radius 2 is 1.67 bits per heavy atom. The van der Waals surface area contributed by atoms with Crippen molar-refractivity contribution in [3.63, 3.8) is 0 Å². The minimum atomic E-state index is -0.288. The van der Waals surface area contributed by atoms with Crippen molar-refractivity contribution in [1.29, 1.82) is 0 Å². The lowest BCUT2D eigenvalue weighted by molar-refractivity contribution is -0.141. The number of hydrogen-bond acceptors (Lipinski definition) is 5. The molecular formula is C24H21N3O2S. The van der Waals surface area contributed by atoms with Gasteiger partial charge in [0.1, 0.15) is 6.61 Å². The largest absolute Gasteiger partial charge is 0.460 e. The van der Waals surface area contributed by atoms with Crippen LogP contribution in [0.3, 0.4) is 0 Å². The highest BCUT2D eigenvalue weighted by atomic mass is 32.2. The molecule has 30 heavy (non-hydrogen) atoms. The number of hydrogen-bond donors (Lipinski definition) is 0. The number of esters is 1. The Morgan fingerprint density at radius 1 is 0.933 bits per heavy atom. The summed E-state index contributed by atoms with van der Waals surface area (Å²) in [5.41, 5.74) is 4.03. The molecule has 0 unspecified atom stereocenters. The maximum Gasteiger partial charge on any atom is 0.316 e. The maximum absolute atomic E-state index is 12.3. The van der Waals surface area contributed by atoms with E-state index in [0.29, 0.717) is 5.16 Å². The molecule has 1 aromatic heterocycles. The van der Waals surface area contributed by atoms with E-state index in [1.807, 2.05) is 90.4 Å². The van der Waals surface area contributed by atoms with Gasteiger partial charge in [-0.25, -0.2) is 0 Å². The van der Waals surface area contributed by atoms with Gasteiger partial charge in [-0.05, 0) is 30.7 Å². The van der Waals surface area contributed by atoms with Crippen molar-refractivity contribution < 1.29 is 9.53 Å². The van der Waals surface area contributed by atoms with Crippen molar-refractivity contribution in [3.05, 3.63) is 96.1 Å². The van der Waals surface area contributed by atoms with Crippen LogP contribution in [0.4, 0.5) is 0 Å². The van der Waals surface area contributed by atoms with Crippen LogP contribution < -0.4 is 0 Å². The summed E-state index contributed by atoms with van der Waals surface area (Å²) in [6, 6.07) is 27.7. The molecule has 0 saturated heterocycles. The summed E-state index contributed by atoms with van der Waals surface area (Å²) >= 11 is 1.32. The molecule has 6 heteroatoms. The molecule has 0 radical (unpaired) electrons. The molecule has 0 aliphatic heterocycles. The molecule has 0 N–H and O–H groups in total. The third kappa shape index (κ3) is 4.78. The first-order chi connectivity index (χ1) is 14.7. The molecule has 1 heterocycles. The van der Waals surface area contributed by atoms with Crippen LogP contribution in [0.5, 0.6) is 0 Å². The van der Waals surface area contributed by atoms with Gasteiger partial charge >= 0.3 is 5.97 Å². The van der Waals surface area contributed by atoms with Crippen molar-refractivity contribution in [1.82, 2.24) is 14.8 Å². The maximum atomic E-state index is 12.3. The fourth-order valence-electron chi connectivity index (χ4n) is 3.05. The Morgan fingerprint density at radius 3 is 2.40 bits per heavy atom. The van der Waals surface area contributed by atoms with Crippen molar-refractivity contribution in [3.8, 4) is 17.1 Å². The van der Waals surface area contributed by atoms with E-state index in [1.165, 1.54) is 11.8 Å². The van der Waals surface area contributed by atoms with Crippen LogP contribution in [0.2, 0.25) is 0 Å². The lowest BCUT2D eigenvalue weighted by Gasteiger charge is -2.10. The van der Waals surface area contributed by atoms with Crippen LogP contribution in [0.25, 0.3) is 17.1 Å². The third-order valence-electron chi connectivity index (χ3n) is 4.49. The van der Waals surface area contributed by atoms with E-state index < -0.39 is 0 Å². The fourth-order valence-corrected chi connectivity index (χ4v) is 3.80. The molecule has 3 aromatic carbocycles. The van der Waals surface area contributed by atoms with E-state index in [0.717, 1.165) is 28.2 Å². The monoisotopic (exact) mass is 415 g/mol. The smallest absolute Gasteiger partial charge is 0.316 e. The minimum Gasteiger partial charge on any atom is -0.460 e. The number of thioether (sulfide) groups is 1. The summed E-state index contributed by atoms with van der Waals surface area (Å²) in [6.07, 6.45) is 0. The Balaban J connectivity index is 1.54. The average molecular weight is 416 g/mol. The molecule has 0 aliphatic rings. The van der Waals surface area contributed by atoms with Crippen LogP contribution in [0.1, 0.15) is 11.1 Å². The molecule has 5 nitrogen and oxygen atoms in total. The molecule has 4 aromatic rings. The van der Waals surface area contributed by atoms with Crippen LogP contribution in [0.15, 0.2) is 90.1 Å². The standard InChI is InChI=1S/C24H21N3O2S/c1-18-9-8-12-20(15-18)23-25-26-24(27(23)21-13-6-3-7-14-21)30-17-22(28)29-16-19-10-4-2-5-11-19/h2-15H,16-17H2,1H3. The zero-order valence-electron chi connectivity index (χ0n) is 16.6. The van der Waals surface area contributed by atoms with Gasteiger partial charge in [0.2, 0.25) is 0 Å². The number of ether oxygens (including phenoxy) is 1. The molecular weight excluding hydrogens is 394 g/mol. The highest BCUT2D eigenvalue weighted by Crippen LogP contribution is 2.28. The first-order valence-corrected chi connectivity index (χ1v) is 10.6. The Bertz CT molecular complexity index is 1130. The van der Waals surface area contributed by atoms with Crippen LogP contribution in [0, 0.1) is 6.92 Å². The normalized spacial score (nSPS) is 10.7. The Labute approximate surface area is 179 Å². The van der Waals surface area contributed by atoms with Crippen molar-refractivity contribution in [2.24, 2.45) is 0 Å². The van der Waals surface area contributed by atoms with E-state index in [-0.39, 0.29) is 18.3 Å². The van der Waals surface area contributed by atoms with E-state index in [1.54, 1.807) is 0 Å². The second kappa shape index (κ2) is 9.41. The first-order valence-electron chi connectivity index (χ1n) is 9.61. The fraction of sp³-hybridized carbons (Fsp3) is 0.125. The summed E-state index contributed by atoms with van der Waals surface area (Å²) in [5, 5.41) is 9.42. The predicted octanol–water partition coefficient (Wildman–Crippen LogP) is 5.08. The van der Waals surface area contributed by atoms with Gasteiger partial charge in [-0.15, -0.1) is 10.2 Å². The summed E-state index contributed by atoms with van der Waals surface area (Å²) in [7, 11) is 0. The van der Waals surface area contributed by atoms with Gasteiger partial charge in [0.15, 0.2) is 11.0 Å². The second-order valence-electron chi connectivity index (χ2n) is 6.78. The van der Waals surface area contributed by atoms with Gasteiger partial charge in [-0.3, -0.25) is 9.36 Å². The quantitative estimate of drug-likeness (QED) is 0.311. The number of aryl methyl sites for hydroxylation is 1. The SMILES string of the molecule is Cc1cccc(-c2nnc(SCC(=O)OCc3ccccc3)n2-c2ccccc2)c1. The Hall–Kier alpha value is -3.38. The number of para-hydroxylation sites is 1. The summed E-state index contributed by atoms with van der Waals surface area (Å²) in [5.74, 6) is 0.611. The molecule has 0 spiro atoms. The highest BCUT2D eigenvalue weighted by Gasteiger charge is 2.17. The molecule has 0 atom stereocenters. The molecule has 4 rings (SSSR count). The van der Waals surface area contributed by atoms with Gasteiger partial charge in [0.25, 0.3) is 0 Å². The second-order valence-corrected chi connectivity index (χ2v) is 7.72. The Kier molecular flexibility index (Phi) is 6.25. The van der Waals surface area contributed by atoms with E-state index in [4.69, 9.17) is 4.74 Å². The number of aromatic nitrogens is 3. The summed E-state index contributed by atoms with van der Waals surface area (Å²) in [6.45, 7) is 2.31. The number of carbonyl (C=O) groups excluding carboxylic acids is 1. The van der Waals surface area contributed by atoms with Crippen molar-refractivity contribution in [2.75, 3.05) is 5.75 Å². The number of benzene rings is 3.